The van der Waals surface area contributed by atoms with Gasteiger partial charge >= 0.3 is 0 Å². The molecule has 3 nitrogen and oxygen atoms in total. The summed E-state index contributed by atoms with van der Waals surface area (Å²) in [6, 6.07) is 4.88. The summed E-state index contributed by atoms with van der Waals surface area (Å²) in [6.07, 6.45) is 1.39. The van der Waals surface area contributed by atoms with Gasteiger partial charge in [-0.25, -0.2) is 0 Å². The van der Waals surface area contributed by atoms with Crippen molar-refractivity contribution in [2.24, 2.45) is 11.1 Å². The van der Waals surface area contributed by atoms with Gasteiger partial charge in [0.05, 0.1) is 21.1 Å². The normalized spacial score (nSPS) is 16.4. The molecule has 17 heavy (non-hydrogen) atoms. The Morgan fingerprint density at radius 1 is 1.41 bits per heavy atom. The molecule has 0 aliphatic heterocycles. The molecule has 0 heterocycles. The van der Waals surface area contributed by atoms with Crippen LogP contribution in [0.1, 0.15) is 12.8 Å². The first-order chi connectivity index (χ1) is 7.95. The Kier molecular flexibility index (Phi) is 3.30. The number of nitrogens with two attached hydrogens (primary N) is 1. The minimum atomic E-state index is -0.682. The first-order valence-corrected chi connectivity index (χ1v) is 6.18. The number of hydrogen-bond donors (Lipinski definition) is 2. The molecule has 1 saturated carbocycles. The molecule has 0 bridgehead atoms. The highest BCUT2D eigenvalue weighted by Gasteiger charge is 2.52. The molecule has 6 heteroatoms. The Labute approximate surface area is 114 Å². The predicted molar refractivity (Wildman–Crippen MR) is 73.5 cm³/mol. The third-order valence-corrected chi connectivity index (χ3v) is 3.77. The fraction of sp³-hybridized carbons (Fsp3) is 0.273. The van der Waals surface area contributed by atoms with E-state index in [0.717, 1.165) is 0 Å². The fourth-order valence-corrected chi connectivity index (χ4v) is 2.30. The molecule has 0 saturated heterocycles. The van der Waals surface area contributed by atoms with E-state index >= 15 is 0 Å². The highest BCUT2D eigenvalue weighted by atomic mass is 35.5. The molecule has 0 aromatic heterocycles. The van der Waals surface area contributed by atoms with Crippen LogP contribution < -0.4 is 11.1 Å². The van der Waals surface area contributed by atoms with Gasteiger partial charge < -0.3 is 11.1 Å². The van der Waals surface area contributed by atoms with Gasteiger partial charge in [0.25, 0.3) is 0 Å². The van der Waals surface area contributed by atoms with Gasteiger partial charge in [-0.3, -0.25) is 4.79 Å². The van der Waals surface area contributed by atoms with Gasteiger partial charge in [0, 0.05) is 5.02 Å². The maximum Gasteiger partial charge on any atom is 0.237 e. The van der Waals surface area contributed by atoms with Gasteiger partial charge in [0.1, 0.15) is 0 Å². The number of carbonyl (C=O) groups is 1. The predicted octanol–water partition coefficient (Wildman–Crippen LogP) is 3.00. The highest BCUT2D eigenvalue weighted by molar-refractivity contribution is 7.80. The van der Waals surface area contributed by atoms with Crippen molar-refractivity contribution in [1.29, 1.82) is 0 Å². The minimum absolute atomic E-state index is 0.200. The largest absolute Gasteiger partial charge is 0.392 e. The zero-order valence-corrected chi connectivity index (χ0v) is 11.1. The van der Waals surface area contributed by atoms with E-state index in [9.17, 15) is 4.79 Å². The molecule has 1 aromatic carbocycles. The van der Waals surface area contributed by atoms with Crippen LogP contribution in [0.3, 0.4) is 0 Å². The molecule has 1 amide bonds. The summed E-state index contributed by atoms with van der Waals surface area (Å²) in [4.78, 5) is 12.2. The summed E-state index contributed by atoms with van der Waals surface area (Å²) in [5.41, 5.74) is 5.40. The zero-order chi connectivity index (χ0) is 12.6. The highest BCUT2D eigenvalue weighted by Crippen LogP contribution is 2.47. The van der Waals surface area contributed by atoms with Crippen molar-refractivity contribution in [3.63, 3.8) is 0 Å². The second-order valence-corrected chi connectivity index (χ2v) is 5.31. The van der Waals surface area contributed by atoms with Crippen LogP contribution in [0.4, 0.5) is 5.69 Å². The van der Waals surface area contributed by atoms with Gasteiger partial charge in [-0.2, -0.15) is 0 Å². The van der Waals surface area contributed by atoms with Crippen LogP contribution in [-0.4, -0.2) is 10.9 Å². The number of nitrogens with one attached hydrogen (secondary N) is 1. The van der Waals surface area contributed by atoms with Crippen LogP contribution in [0.25, 0.3) is 0 Å². The molecule has 0 radical (unpaired) electrons. The van der Waals surface area contributed by atoms with Gasteiger partial charge in [0.2, 0.25) is 5.91 Å². The lowest BCUT2D eigenvalue weighted by molar-refractivity contribution is -0.118. The summed E-state index contributed by atoms with van der Waals surface area (Å²) in [6.45, 7) is 0. The van der Waals surface area contributed by atoms with E-state index in [1.165, 1.54) is 0 Å². The summed E-state index contributed by atoms with van der Waals surface area (Å²) in [7, 11) is 0. The summed E-state index contributed by atoms with van der Waals surface area (Å²) in [5.74, 6) is -0.200. The topological polar surface area (TPSA) is 55.1 Å². The molecule has 2 rings (SSSR count). The smallest absolute Gasteiger partial charge is 0.237 e. The molecule has 1 fully saturated rings. The number of anilines is 1. The molecule has 1 aliphatic rings. The molecule has 3 N–H and O–H groups in total. The van der Waals surface area contributed by atoms with E-state index in [1.807, 2.05) is 0 Å². The van der Waals surface area contributed by atoms with Gasteiger partial charge in [-0.05, 0) is 31.0 Å². The van der Waals surface area contributed by atoms with Crippen molar-refractivity contribution in [1.82, 2.24) is 0 Å². The standard InChI is InChI=1S/C11H10Cl2N2OS/c12-6-1-2-8(7(13)5-6)15-10(16)11(3-4-11)9(14)17/h1-2,5H,3-4H2,(H2,14,17)(H,15,16). The lowest BCUT2D eigenvalue weighted by Gasteiger charge is -2.14. The maximum absolute atomic E-state index is 12.0. The van der Waals surface area contributed by atoms with Crippen molar-refractivity contribution in [3.8, 4) is 0 Å². The monoisotopic (exact) mass is 288 g/mol. The van der Waals surface area contributed by atoms with Gasteiger partial charge in [0.15, 0.2) is 0 Å². The van der Waals surface area contributed by atoms with Crippen LogP contribution >= 0.6 is 35.4 Å². The molecular weight excluding hydrogens is 279 g/mol. The Balaban J connectivity index is 2.17. The minimum Gasteiger partial charge on any atom is -0.392 e. The number of hydrogen-bond acceptors (Lipinski definition) is 2. The lowest BCUT2D eigenvalue weighted by Crippen LogP contribution is -2.35. The Bertz CT molecular complexity index is 500. The molecule has 0 atom stereocenters. The van der Waals surface area contributed by atoms with E-state index < -0.39 is 5.41 Å². The van der Waals surface area contributed by atoms with Crippen molar-refractivity contribution in [2.45, 2.75) is 12.8 Å². The van der Waals surface area contributed by atoms with Crippen LogP contribution in [0.2, 0.25) is 10.0 Å². The van der Waals surface area contributed by atoms with Crippen molar-refractivity contribution < 1.29 is 4.79 Å². The van der Waals surface area contributed by atoms with Gasteiger partial charge in [-0.1, -0.05) is 35.4 Å². The zero-order valence-electron chi connectivity index (χ0n) is 8.80. The van der Waals surface area contributed by atoms with E-state index in [-0.39, 0.29) is 10.9 Å². The third-order valence-electron chi connectivity index (χ3n) is 2.84. The number of halogens is 2. The Morgan fingerprint density at radius 2 is 2.06 bits per heavy atom. The second-order valence-electron chi connectivity index (χ2n) is 4.02. The van der Waals surface area contributed by atoms with Crippen molar-refractivity contribution >= 4 is 52.0 Å². The quantitative estimate of drug-likeness (QED) is 0.841. The van der Waals surface area contributed by atoms with Crippen LogP contribution in [0.5, 0.6) is 0 Å². The molecule has 0 unspecified atom stereocenters. The van der Waals surface area contributed by atoms with E-state index in [0.29, 0.717) is 28.6 Å². The maximum atomic E-state index is 12.0. The molecule has 1 aliphatic carbocycles. The van der Waals surface area contributed by atoms with E-state index in [1.54, 1.807) is 18.2 Å². The van der Waals surface area contributed by atoms with Crippen LogP contribution in [0, 0.1) is 5.41 Å². The second kappa shape index (κ2) is 4.44. The fourth-order valence-electron chi connectivity index (χ4n) is 1.54. The molecule has 90 valence electrons. The number of benzene rings is 1. The number of thiocarbonyl (C=S) groups is 1. The van der Waals surface area contributed by atoms with Crippen LogP contribution in [-0.2, 0) is 4.79 Å². The lowest BCUT2D eigenvalue weighted by atomic mass is 10.1. The first-order valence-electron chi connectivity index (χ1n) is 5.02. The average molecular weight is 289 g/mol. The number of rotatable bonds is 3. The molecular formula is C11H10Cl2N2OS. The molecule has 0 spiro atoms. The van der Waals surface area contributed by atoms with Gasteiger partial charge in [-0.15, -0.1) is 0 Å². The van der Waals surface area contributed by atoms with Crippen molar-refractivity contribution in [2.75, 3.05) is 5.32 Å². The Hall–Kier alpha value is -0.840. The number of amides is 1. The SMILES string of the molecule is NC(=S)C1(C(=O)Nc2ccc(Cl)cc2Cl)CC1. The average Bonchev–Trinajstić information content (AvgIpc) is 3.02. The summed E-state index contributed by atoms with van der Waals surface area (Å²) < 4.78 is 0. The molecule has 1 aromatic rings. The summed E-state index contributed by atoms with van der Waals surface area (Å²) in [5, 5.41) is 3.63. The van der Waals surface area contributed by atoms with E-state index in [2.05, 4.69) is 5.32 Å². The summed E-state index contributed by atoms with van der Waals surface area (Å²) >= 11 is 16.6. The first kappa shape index (κ1) is 12.6. The van der Waals surface area contributed by atoms with Crippen LogP contribution in [0.15, 0.2) is 18.2 Å². The van der Waals surface area contributed by atoms with E-state index in [4.69, 9.17) is 41.2 Å². The third kappa shape index (κ3) is 2.39. The Morgan fingerprint density at radius 3 is 2.53 bits per heavy atom. The number of carbonyl (C=O) groups excluding carboxylic acids is 1. The van der Waals surface area contributed by atoms with Crippen molar-refractivity contribution in [3.05, 3.63) is 28.2 Å².